The molecule has 2 aromatic rings. The second kappa shape index (κ2) is 34.0. The lowest BCUT2D eigenvalue weighted by Gasteiger charge is -2.45. The Labute approximate surface area is 440 Å². The smallest absolute Gasteiger partial charge is 0.344 e. The summed E-state index contributed by atoms with van der Waals surface area (Å²) in [4.78, 5) is 4.25. The minimum absolute atomic E-state index is 0.0169. The minimum atomic E-state index is -3.71. The molecule has 15 nitrogen and oxygen atoms in total. The first kappa shape index (κ1) is 64.5. The largest absolute Gasteiger partial charge is 0.467 e. The summed E-state index contributed by atoms with van der Waals surface area (Å²) in [6, 6.07) is 14.6. The Morgan fingerprint density at radius 1 is 0.606 bits per heavy atom. The van der Waals surface area contributed by atoms with E-state index in [1.54, 1.807) is 41.9 Å². The normalized spacial score (nSPS) is 13.7. The third kappa shape index (κ3) is 26.2. The summed E-state index contributed by atoms with van der Waals surface area (Å²) in [7, 11) is -6.55. The van der Waals surface area contributed by atoms with Crippen LogP contribution in [0, 0.1) is 0 Å². The lowest BCUT2D eigenvalue weighted by molar-refractivity contribution is -0.0102. The number of methoxy groups -OCH3 is 2. The van der Waals surface area contributed by atoms with Crippen molar-refractivity contribution in [3.63, 3.8) is 0 Å². The van der Waals surface area contributed by atoms with Crippen molar-refractivity contribution >= 4 is 91.3 Å². The number of alkyl halides is 3. The quantitative estimate of drug-likeness (QED) is 0.0161. The molecule has 0 aliphatic rings. The van der Waals surface area contributed by atoms with Crippen LogP contribution in [-0.2, 0) is 63.7 Å². The lowest BCUT2D eigenvalue weighted by Crippen LogP contribution is -2.56. The van der Waals surface area contributed by atoms with Crippen LogP contribution < -0.4 is 9.47 Å². The Hall–Kier alpha value is 0.467. The molecule has 0 N–H and O–H groups in total. The zero-order chi connectivity index (χ0) is 49.9. The van der Waals surface area contributed by atoms with Crippen LogP contribution in [0.2, 0.25) is 18.1 Å². The maximum absolute atomic E-state index is 14.7. The van der Waals surface area contributed by atoms with E-state index in [9.17, 15) is 9.13 Å². The van der Waals surface area contributed by atoms with Crippen molar-refractivity contribution in [3.05, 3.63) is 59.7 Å². The van der Waals surface area contributed by atoms with Crippen molar-refractivity contribution in [2.24, 2.45) is 0 Å². The molecule has 0 saturated carbocycles. The van der Waals surface area contributed by atoms with E-state index in [0.29, 0.717) is 50.3 Å². The third-order valence-electron chi connectivity index (χ3n) is 10.4. The molecule has 2 rings (SSSR count). The summed E-state index contributed by atoms with van der Waals surface area (Å²) >= 11 is 7.05. The van der Waals surface area contributed by atoms with Gasteiger partial charge in [0.2, 0.25) is 0 Å². The molecular weight excluding hydrogens is 1250 g/mol. The topological polar surface area (TPSA) is 142 Å². The van der Waals surface area contributed by atoms with Gasteiger partial charge in [-0.3, -0.25) is 18.9 Å². The molecule has 0 amide bonds. The van der Waals surface area contributed by atoms with E-state index in [4.69, 9.17) is 50.9 Å². The maximum atomic E-state index is 14.7. The molecule has 0 radical (unpaired) electrons. The number of hydrogen-bond acceptors (Lipinski definition) is 15. The molecule has 0 aromatic heterocycles. The number of ether oxygens (including phenoxy) is 6. The van der Waals surface area contributed by atoms with Gasteiger partial charge in [-0.15, -0.1) is 0 Å². The van der Waals surface area contributed by atoms with Gasteiger partial charge in [0.15, 0.2) is 21.9 Å². The van der Waals surface area contributed by atoms with Gasteiger partial charge in [0.25, 0.3) is 0 Å². The molecule has 0 unspecified atom stereocenters. The molecule has 0 heterocycles. The molecule has 384 valence electrons. The average molecular weight is 1330 g/mol. The second-order valence-corrected chi connectivity index (χ2v) is 38.1. The Bertz CT molecular complexity index is 1670. The van der Waals surface area contributed by atoms with Crippen LogP contribution in [0.5, 0.6) is 11.5 Å². The average Bonchev–Trinajstić information content (AvgIpc) is 3.22. The van der Waals surface area contributed by atoms with Crippen LogP contribution in [-0.4, -0.2) is 129 Å². The summed E-state index contributed by atoms with van der Waals surface area (Å²) < 4.78 is 94.6. The van der Waals surface area contributed by atoms with E-state index in [2.05, 4.69) is 125 Å². The van der Waals surface area contributed by atoms with Crippen molar-refractivity contribution in [1.82, 2.24) is 9.80 Å². The Morgan fingerprint density at radius 2 is 0.970 bits per heavy atom. The fourth-order valence-corrected chi connectivity index (χ4v) is 10.9. The van der Waals surface area contributed by atoms with Gasteiger partial charge >= 0.3 is 15.2 Å². The van der Waals surface area contributed by atoms with Crippen molar-refractivity contribution in [2.75, 3.05) is 99.8 Å². The number of rotatable bonds is 35. The molecule has 0 fully saturated rings. The summed E-state index contributed by atoms with van der Waals surface area (Å²) in [6.07, 6.45) is 0.474. The minimum Gasteiger partial charge on any atom is -0.467 e. The zero-order valence-electron chi connectivity index (χ0n) is 41.8. The number of para-hydroxylation sites is 2. The Balaban J connectivity index is 0.00000411. The summed E-state index contributed by atoms with van der Waals surface area (Å²) in [5, 5.41) is -0.111. The second-order valence-electron chi connectivity index (χ2n) is 16.6. The van der Waals surface area contributed by atoms with Crippen molar-refractivity contribution < 1.29 is 60.1 Å². The lowest BCUT2D eigenvalue weighted by atomic mass is 10.0. The first-order chi connectivity index (χ1) is 31.1. The molecule has 21 heteroatoms. The third-order valence-corrected chi connectivity index (χ3v) is 18.9. The van der Waals surface area contributed by atoms with Crippen LogP contribution in [0.4, 0.5) is 0 Å². The SMILES string of the molecule is CC(I)(I)I.CCOP(=O)(CN(Cc1ccccc1OCOCCOC)[C@@H](CC)[C@H](CO[Si](C)(C)C(C)(C)C)N(Cc1ccccc1OCOCCOC)CP(=O)(OCC)OCC)OCC. The maximum Gasteiger partial charge on any atom is 0.344 e. The summed E-state index contributed by atoms with van der Waals surface area (Å²) in [6.45, 7) is 25.8. The van der Waals surface area contributed by atoms with E-state index < -0.39 is 29.6 Å². The van der Waals surface area contributed by atoms with Crippen LogP contribution in [0.3, 0.4) is 0 Å². The van der Waals surface area contributed by atoms with Crippen molar-refractivity contribution in [1.29, 1.82) is 0 Å². The number of hydrogen-bond donors (Lipinski definition) is 0. The highest BCUT2D eigenvalue weighted by atomic mass is 127. The highest BCUT2D eigenvalue weighted by Gasteiger charge is 2.43. The molecule has 0 spiro atoms. The van der Waals surface area contributed by atoms with Crippen LogP contribution >= 0.6 is 83.0 Å². The van der Waals surface area contributed by atoms with E-state index >= 15 is 0 Å². The van der Waals surface area contributed by atoms with Gasteiger partial charge in [0.1, 0.15) is 23.5 Å². The van der Waals surface area contributed by atoms with Gasteiger partial charge < -0.3 is 50.9 Å². The molecule has 2 atom stereocenters. The van der Waals surface area contributed by atoms with Crippen LogP contribution in [0.25, 0.3) is 0 Å². The van der Waals surface area contributed by atoms with E-state index in [1.807, 2.05) is 48.5 Å². The van der Waals surface area contributed by atoms with Crippen LogP contribution in [0.1, 0.15) is 79.9 Å². The highest BCUT2D eigenvalue weighted by Crippen LogP contribution is 2.52. The molecule has 0 aliphatic heterocycles. The summed E-state index contributed by atoms with van der Waals surface area (Å²) in [5.41, 5.74) is 1.67. The van der Waals surface area contributed by atoms with Gasteiger partial charge in [0, 0.05) is 50.5 Å². The van der Waals surface area contributed by atoms with Crippen LogP contribution in [0.15, 0.2) is 48.5 Å². The number of halogens is 3. The van der Waals surface area contributed by atoms with E-state index in [0.717, 1.165) is 11.1 Å². The van der Waals surface area contributed by atoms with E-state index in [1.165, 1.54) is 0 Å². The standard InChI is InChI=1S/C43H78N2O13P2Si.C2H3I3/c1-13-39(44(33-59(46,54-14-2)55-15-3)30-37-22-18-20-24-41(37)52-35-50-28-26-48-9)40(32-58-61(11,12)43(6,7)8)45(34-60(47,56-16-4)57-17-5)31-38-23-19-21-25-42(38)53-36-51-29-27-49-10;1-2(3,4)5/h18-25,39-40H,13-17,26-36H2,1-12H3;1H3/t39-,40-;/m0./s1. The molecule has 0 bridgehead atoms. The Morgan fingerprint density at radius 3 is 1.30 bits per heavy atom. The van der Waals surface area contributed by atoms with E-state index in [-0.39, 0.29) is 76.8 Å². The van der Waals surface area contributed by atoms with Gasteiger partial charge in [-0.25, -0.2) is 0 Å². The Kier molecular flexibility index (Phi) is 33.2. The van der Waals surface area contributed by atoms with Crippen molar-refractivity contribution in [3.8, 4) is 11.5 Å². The highest BCUT2D eigenvalue weighted by molar-refractivity contribution is 14.3. The number of benzene rings is 2. The van der Waals surface area contributed by atoms with Crippen molar-refractivity contribution in [2.45, 2.75) is 111 Å². The predicted molar refractivity (Wildman–Crippen MR) is 294 cm³/mol. The summed E-state index contributed by atoms with van der Waals surface area (Å²) in [5.74, 6) is 1.22. The first-order valence-corrected chi connectivity index (χ1v) is 32.2. The monoisotopic (exact) mass is 1330 g/mol. The van der Waals surface area contributed by atoms with Gasteiger partial charge in [0.05, 0.1) is 59.5 Å². The molecule has 2 aromatic carbocycles. The van der Waals surface area contributed by atoms with Gasteiger partial charge in [-0.05, 0) is 71.3 Å². The first-order valence-electron chi connectivity index (χ1n) is 22.6. The van der Waals surface area contributed by atoms with Gasteiger partial charge in [-0.2, -0.15) is 0 Å². The fraction of sp³-hybridized carbons (Fsp3) is 0.733. The zero-order valence-corrected chi connectivity index (χ0v) is 51.1. The predicted octanol–water partition coefficient (Wildman–Crippen LogP) is 12.6. The molecule has 0 aliphatic carbocycles. The fourth-order valence-electron chi connectivity index (χ4n) is 6.36. The number of nitrogens with zero attached hydrogens (tertiary/aromatic N) is 2. The van der Waals surface area contributed by atoms with Gasteiger partial charge in [-0.1, -0.05) is 132 Å². The molecule has 0 saturated heterocycles. The molecular formula is C45H81I3N2O13P2Si. The molecule has 66 heavy (non-hydrogen) atoms.